The van der Waals surface area contributed by atoms with E-state index in [1.54, 1.807) is 6.92 Å². The lowest BCUT2D eigenvalue weighted by Gasteiger charge is -2.40. The van der Waals surface area contributed by atoms with E-state index in [0.717, 1.165) is 6.07 Å². The third-order valence-electron chi connectivity index (χ3n) is 6.04. The number of amides is 2. The van der Waals surface area contributed by atoms with E-state index in [9.17, 15) is 18.4 Å². The zero-order valence-electron chi connectivity index (χ0n) is 21.1. The highest BCUT2D eigenvalue weighted by atomic mass is 35.5. The molecule has 212 valence electrons. The molecular formula is C26H23Cl2F3N4O5. The van der Waals surface area contributed by atoms with Crippen LogP contribution in [0.2, 0.25) is 10.0 Å². The molecule has 2 aromatic carbocycles. The zero-order valence-corrected chi connectivity index (χ0v) is 22.7. The Morgan fingerprint density at radius 1 is 1.15 bits per heavy atom. The van der Waals surface area contributed by atoms with Gasteiger partial charge >= 0.3 is 6.01 Å². The van der Waals surface area contributed by atoms with E-state index in [4.69, 9.17) is 37.4 Å². The predicted octanol–water partition coefficient (Wildman–Crippen LogP) is 4.62. The Balaban J connectivity index is 1.50. The summed E-state index contributed by atoms with van der Waals surface area (Å²) in [7, 11) is 1.38. The van der Waals surface area contributed by atoms with Gasteiger partial charge in [0.1, 0.15) is 18.2 Å². The summed E-state index contributed by atoms with van der Waals surface area (Å²) in [6.45, 7) is 0.473. The average Bonchev–Trinajstić information content (AvgIpc) is 2.89. The van der Waals surface area contributed by atoms with E-state index < -0.39 is 42.2 Å². The summed E-state index contributed by atoms with van der Waals surface area (Å²) >= 11 is 12.2. The molecule has 1 aliphatic rings. The van der Waals surface area contributed by atoms with Crippen molar-refractivity contribution in [1.82, 2.24) is 20.6 Å². The lowest BCUT2D eigenvalue weighted by atomic mass is 9.94. The van der Waals surface area contributed by atoms with Gasteiger partial charge in [-0.05, 0) is 30.7 Å². The highest BCUT2D eigenvalue weighted by molar-refractivity contribution is 6.36. The van der Waals surface area contributed by atoms with Crippen LogP contribution in [0.1, 0.15) is 28.9 Å². The molecule has 2 heterocycles. The van der Waals surface area contributed by atoms with Crippen LogP contribution in [0.4, 0.5) is 13.2 Å². The Morgan fingerprint density at radius 3 is 2.42 bits per heavy atom. The number of ether oxygens (including phenoxy) is 3. The van der Waals surface area contributed by atoms with Crippen LogP contribution >= 0.6 is 23.2 Å². The van der Waals surface area contributed by atoms with Gasteiger partial charge in [0.2, 0.25) is 0 Å². The number of methoxy groups -OCH3 is 1. The first-order valence-electron chi connectivity index (χ1n) is 11.8. The molecule has 0 unspecified atom stereocenters. The summed E-state index contributed by atoms with van der Waals surface area (Å²) < 4.78 is 56.0. The van der Waals surface area contributed by atoms with E-state index in [2.05, 4.69) is 20.6 Å². The number of carbonyl (C=O) groups is 2. The van der Waals surface area contributed by atoms with E-state index in [1.807, 2.05) is 0 Å². The van der Waals surface area contributed by atoms with Gasteiger partial charge in [-0.1, -0.05) is 35.3 Å². The molecule has 4 rings (SSSR count). The number of nitrogens with one attached hydrogen (secondary N) is 2. The van der Waals surface area contributed by atoms with Gasteiger partial charge in [-0.2, -0.15) is 0 Å². The third-order valence-corrected chi connectivity index (χ3v) is 6.54. The lowest BCUT2D eigenvalue weighted by Crippen LogP contribution is -2.70. The van der Waals surface area contributed by atoms with Crippen molar-refractivity contribution in [2.45, 2.75) is 24.9 Å². The van der Waals surface area contributed by atoms with Crippen LogP contribution in [-0.2, 0) is 9.53 Å². The third kappa shape index (κ3) is 6.40. The van der Waals surface area contributed by atoms with Gasteiger partial charge in [-0.15, -0.1) is 0 Å². The highest BCUT2D eigenvalue weighted by Gasteiger charge is 2.48. The quantitative estimate of drug-likeness (QED) is 0.350. The van der Waals surface area contributed by atoms with Gasteiger partial charge < -0.3 is 24.8 Å². The van der Waals surface area contributed by atoms with Gasteiger partial charge in [0.05, 0.1) is 37.0 Å². The van der Waals surface area contributed by atoms with E-state index in [1.165, 1.54) is 43.8 Å². The molecule has 40 heavy (non-hydrogen) atoms. The minimum Gasteiger partial charge on any atom is -0.485 e. The van der Waals surface area contributed by atoms with Crippen LogP contribution in [0.25, 0.3) is 11.1 Å². The number of hydrogen-bond acceptors (Lipinski definition) is 7. The second kappa shape index (κ2) is 12.3. The normalized spacial score (nSPS) is 14.7. The summed E-state index contributed by atoms with van der Waals surface area (Å²) in [5.41, 5.74) is -0.656. The van der Waals surface area contributed by atoms with Crippen molar-refractivity contribution in [3.8, 4) is 22.9 Å². The molecule has 0 saturated carbocycles. The number of rotatable bonds is 10. The maximum absolute atomic E-state index is 15.3. The Kier molecular flexibility index (Phi) is 9.02. The first kappa shape index (κ1) is 29.4. The molecule has 2 N–H and O–H groups in total. The number of carbonyl (C=O) groups excluding carboxylic acids is 2. The maximum atomic E-state index is 15.3. The number of halogens is 5. The molecule has 3 aromatic rings. The minimum atomic E-state index is -2.75. The number of alkyl halides is 2. The fourth-order valence-corrected chi connectivity index (χ4v) is 4.47. The SMILES string of the molecule is COc1ncc(C(=O)NC2(C(=O)N[C@H](C)c3ccc(-c4cc(Cl)cc(Cl)c4OCC(F)F)cc3F)COC2)cn1. The van der Waals surface area contributed by atoms with Crippen molar-refractivity contribution in [3.63, 3.8) is 0 Å². The van der Waals surface area contributed by atoms with E-state index >= 15 is 4.39 Å². The summed E-state index contributed by atoms with van der Waals surface area (Å²) in [5.74, 6) is -1.94. The standard InChI is InChI=1S/C26H23Cl2F3N4O5/c1-13(34-24(37)26(11-39-12-26)35-23(36)15-8-32-25(38-2)33-9-15)17-4-3-14(5-20(17)29)18-6-16(27)7-19(28)22(18)40-10-21(30)31/h3-9,13,21H,10-12H2,1-2H3,(H,34,37)(H,35,36)/t13-/m1/s1. The first-order chi connectivity index (χ1) is 19.0. The molecule has 9 nitrogen and oxygen atoms in total. The van der Waals surface area contributed by atoms with Crippen LogP contribution in [-0.4, -0.2) is 60.7 Å². The Hall–Kier alpha value is -3.61. The van der Waals surface area contributed by atoms with E-state index in [-0.39, 0.29) is 57.3 Å². The molecule has 1 aromatic heterocycles. The largest absolute Gasteiger partial charge is 0.485 e. The molecule has 1 fully saturated rings. The number of hydrogen-bond donors (Lipinski definition) is 2. The summed E-state index contributed by atoms with van der Waals surface area (Å²) in [4.78, 5) is 33.6. The van der Waals surface area contributed by atoms with Crippen molar-refractivity contribution in [3.05, 3.63) is 69.7 Å². The molecule has 0 aliphatic carbocycles. The van der Waals surface area contributed by atoms with Crippen molar-refractivity contribution in [2.75, 3.05) is 26.9 Å². The molecule has 2 amide bonds. The van der Waals surface area contributed by atoms with Crippen molar-refractivity contribution < 1.29 is 37.0 Å². The number of benzene rings is 2. The topological polar surface area (TPSA) is 112 Å². The maximum Gasteiger partial charge on any atom is 0.316 e. The molecular weight excluding hydrogens is 576 g/mol. The fourth-order valence-electron chi connectivity index (χ4n) is 3.92. The average molecular weight is 599 g/mol. The Labute approximate surface area is 236 Å². The lowest BCUT2D eigenvalue weighted by molar-refractivity contribution is -0.147. The van der Waals surface area contributed by atoms with Gasteiger partial charge in [0.25, 0.3) is 18.2 Å². The van der Waals surface area contributed by atoms with Gasteiger partial charge in [-0.25, -0.2) is 23.1 Å². The van der Waals surface area contributed by atoms with Crippen LogP contribution < -0.4 is 20.1 Å². The Morgan fingerprint density at radius 2 is 1.85 bits per heavy atom. The molecule has 0 radical (unpaired) electrons. The second-order valence-electron chi connectivity index (χ2n) is 8.89. The summed E-state index contributed by atoms with van der Waals surface area (Å²) in [6, 6.07) is 6.11. The summed E-state index contributed by atoms with van der Waals surface area (Å²) in [6.07, 6.45) is -0.243. The van der Waals surface area contributed by atoms with Crippen LogP contribution in [0, 0.1) is 5.82 Å². The van der Waals surface area contributed by atoms with Gasteiger partial charge in [0, 0.05) is 28.5 Å². The highest BCUT2D eigenvalue weighted by Crippen LogP contribution is 2.40. The van der Waals surface area contributed by atoms with Crippen molar-refractivity contribution >= 4 is 35.0 Å². The van der Waals surface area contributed by atoms with Crippen molar-refractivity contribution in [2.24, 2.45) is 0 Å². The number of aromatic nitrogens is 2. The van der Waals surface area contributed by atoms with Crippen LogP contribution in [0.3, 0.4) is 0 Å². The molecule has 0 spiro atoms. The first-order valence-corrected chi connectivity index (χ1v) is 12.6. The van der Waals surface area contributed by atoms with E-state index in [0.29, 0.717) is 0 Å². The minimum absolute atomic E-state index is 0.00969. The van der Waals surface area contributed by atoms with Crippen molar-refractivity contribution in [1.29, 1.82) is 0 Å². The fraction of sp³-hybridized carbons (Fsp3) is 0.308. The monoisotopic (exact) mass is 598 g/mol. The predicted molar refractivity (Wildman–Crippen MR) is 140 cm³/mol. The Bertz CT molecular complexity index is 1410. The molecule has 14 heteroatoms. The molecule has 1 saturated heterocycles. The van der Waals surface area contributed by atoms with Crippen LogP contribution in [0.15, 0.2) is 42.7 Å². The smallest absolute Gasteiger partial charge is 0.316 e. The number of nitrogens with zero attached hydrogens (tertiary/aromatic N) is 2. The second-order valence-corrected chi connectivity index (χ2v) is 9.73. The zero-order chi connectivity index (χ0) is 29.0. The van der Waals surface area contributed by atoms with Gasteiger partial charge in [0.15, 0.2) is 5.54 Å². The molecule has 0 bridgehead atoms. The van der Waals surface area contributed by atoms with Crippen LogP contribution in [0.5, 0.6) is 11.8 Å². The van der Waals surface area contributed by atoms with Gasteiger partial charge in [-0.3, -0.25) is 9.59 Å². The molecule has 1 aliphatic heterocycles. The summed E-state index contributed by atoms with van der Waals surface area (Å²) in [5, 5.41) is 5.53. The molecule has 1 atom stereocenters.